The first-order valence-corrected chi connectivity index (χ1v) is 6.25. The van der Waals surface area contributed by atoms with Crippen molar-refractivity contribution in [1.29, 1.82) is 0 Å². The Morgan fingerprint density at radius 1 is 1.11 bits per heavy atom. The van der Waals surface area contributed by atoms with Crippen molar-refractivity contribution < 1.29 is 8.78 Å². The summed E-state index contributed by atoms with van der Waals surface area (Å²) in [6, 6.07) is 9.57. The third-order valence-corrected chi connectivity index (χ3v) is 3.50. The second kappa shape index (κ2) is 4.31. The van der Waals surface area contributed by atoms with E-state index in [-0.39, 0.29) is 11.5 Å². The van der Waals surface area contributed by atoms with Gasteiger partial charge in [-0.1, -0.05) is 12.1 Å². The average molecular weight is 324 g/mol. The molecule has 0 aliphatic rings. The lowest BCUT2D eigenvalue weighted by atomic mass is 10.2. The van der Waals surface area contributed by atoms with Gasteiger partial charge < -0.3 is 5.73 Å². The van der Waals surface area contributed by atoms with Crippen LogP contribution in [-0.4, -0.2) is 9.55 Å². The number of nitrogens with zero attached hydrogens (tertiary/aromatic N) is 2. The van der Waals surface area contributed by atoms with Gasteiger partial charge in [0, 0.05) is 4.47 Å². The number of aromatic nitrogens is 2. The third kappa shape index (κ3) is 1.79. The molecular weight excluding hydrogens is 316 g/mol. The maximum Gasteiger partial charge on any atom is 0.206 e. The molecule has 6 heteroatoms. The summed E-state index contributed by atoms with van der Waals surface area (Å²) in [4.78, 5) is 4.05. The van der Waals surface area contributed by atoms with E-state index in [1.54, 1.807) is 18.2 Å². The largest absolute Gasteiger partial charge is 0.369 e. The zero-order valence-electron chi connectivity index (χ0n) is 9.57. The number of hydrogen-bond donors (Lipinski definition) is 1. The average Bonchev–Trinajstić information content (AvgIpc) is 2.72. The van der Waals surface area contributed by atoms with E-state index in [0.29, 0.717) is 15.7 Å². The Balaban J connectivity index is 2.45. The van der Waals surface area contributed by atoms with E-state index in [2.05, 4.69) is 20.9 Å². The first-order valence-electron chi connectivity index (χ1n) is 5.46. The molecule has 0 saturated carbocycles. The summed E-state index contributed by atoms with van der Waals surface area (Å²) in [7, 11) is 0. The molecule has 0 unspecified atom stereocenters. The molecular formula is C13H8BrF2N3. The van der Waals surface area contributed by atoms with Gasteiger partial charge in [-0.25, -0.2) is 13.8 Å². The van der Waals surface area contributed by atoms with E-state index in [9.17, 15) is 8.78 Å². The lowest BCUT2D eigenvalue weighted by molar-refractivity contribution is 0.514. The Bertz CT molecular complexity index is 783. The van der Waals surface area contributed by atoms with Crippen molar-refractivity contribution >= 4 is 32.9 Å². The molecule has 0 bridgehead atoms. The molecule has 3 nitrogen and oxygen atoms in total. The lowest BCUT2D eigenvalue weighted by Gasteiger charge is -2.09. The smallest absolute Gasteiger partial charge is 0.206 e. The molecule has 0 saturated heterocycles. The van der Waals surface area contributed by atoms with E-state index in [1.165, 1.54) is 10.6 Å². The van der Waals surface area contributed by atoms with Crippen LogP contribution in [0.1, 0.15) is 0 Å². The highest BCUT2D eigenvalue weighted by Crippen LogP contribution is 2.30. The highest BCUT2D eigenvalue weighted by Gasteiger charge is 2.18. The van der Waals surface area contributed by atoms with Crippen LogP contribution >= 0.6 is 15.9 Å². The minimum atomic E-state index is -0.961. The second-order valence-electron chi connectivity index (χ2n) is 3.99. The first kappa shape index (κ1) is 12.1. The molecule has 2 aromatic carbocycles. The lowest BCUT2D eigenvalue weighted by Crippen LogP contribution is -2.02. The van der Waals surface area contributed by atoms with Gasteiger partial charge in [-0.2, -0.15) is 0 Å². The Morgan fingerprint density at radius 3 is 2.58 bits per heavy atom. The molecule has 2 N–H and O–H groups in total. The van der Waals surface area contributed by atoms with Crippen LogP contribution in [0.3, 0.4) is 0 Å². The molecule has 1 heterocycles. The molecule has 0 aliphatic carbocycles. The van der Waals surface area contributed by atoms with Gasteiger partial charge in [-0.05, 0) is 40.2 Å². The predicted molar refractivity (Wildman–Crippen MR) is 73.1 cm³/mol. The summed E-state index contributed by atoms with van der Waals surface area (Å²) in [5, 5.41) is 0. The molecule has 96 valence electrons. The van der Waals surface area contributed by atoms with Crippen LogP contribution < -0.4 is 5.73 Å². The topological polar surface area (TPSA) is 43.8 Å². The number of anilines is 1. The fraction of sp³-hybridized carbons (Fsp3) is 0. The number of para-hydroxylation sites is 1. The van der Waals surface area contributed by atoms with Crippen LogP contribution in [0.4, 0.5) is 14.7 Å². The van der Waals surface area contributed by atoms with Crippen LogP contribution in [0, 0.1) is 11.6 Å². The van der Waals surface area contributed by atoms with Crippen LogP contribution in [0.5, 0.6) is 0 Å². The van der Waals surface area contributed by atoms with Crippen LogP contribution in [-0.2, 0) is 0 Å². The highest BCUT2D eigenvalue weighted by molar-refractivity contribution is 9.10. The van der Waals surface area contributed by atoms with Gasteiger partial charge in [-0.15, -0.1) is 0 Å². The molecule has 0 amide bonds. The monoisotopic (exact) mass is 323 g/mol. The normalized spacial score (nSPS) is 11.1. The van der Waals surface area contributed by atoms with Crippen LogP contribution in [0.15, 0.2) is 40.9 Å². The fourth-order valence-corrected chi connectivity index (χ4v) is 2.46. The van der Waals surface area contributed by atoms with Crippen molar-refractivity contribution in [1.82, 2.24) is 9.55 Å². The Morgan fingerprint density at radius 2 is 1.84 bits per heavy atom. The maximum atomic E-state index is 14.0. The van der Waals surface area contributed by atoms with Crippen molar-refractivity contribution in [3.8, 4) is 5.69 Å². The predicted octanol–water partition coefficient (Wildman–Crippen LogP) is 3.65. The van der Waals surface area contributed by atoms with Crippen LogP contribution in [0.2, 0.25) is 0 Å². The summed E-state index contributed by atoms with van der Waals surface area (Å²) in [6.07, 6.45) is 0. The summed E-state index contributed by atoms with van der Waals surface area (Å²) in [5.74, 6) is -1.79. The zero-order chi connectivity index (χ0) is 13.6. The van der Waals surface area contributed by atoms with Crippen LogP contribution in [0.25, 0.3) is 16.7 Å². The highest BCUT2D eigenvalue weighted by atomic mass is 79.9. The number of benzene rings is 2. The van der Waals surface area contributed by atoms with Crippen molar-refractivity contribution in [3.05, 3.63) is 52.5 Å². The number of rotatable bonds is 1. The Kier molecular flexibility index (Phi) is 2.74. The van der Waals surface area contributed by atoms with Gasteiger partial charge in [-0.3, -0.25) is 4.57 Å². The van der Waals surface area contributed by atoms with E-state index in [1.807, 2.05) is 6.07 Å². The molecule has 0 radical (unpaired) electrons. The number of imidazole rings is 1. The summed E-state index contributed by atoms with van der Waals surface area (Å²) < 4.78 is 29.5. The molecule has 0 spiro atoms. The van der Waals surface area contributed by atoms with E-state index < -0.39 is 11.6 Å². The summed E-state index contributed by atoms with van der Waals surface area (Å²) >= 11 is 3.36. The molecule has 0 fully saturated rings. The number of nitrogen functional groups attached to an aromatic ring is 1. The molecule has 1 aromatic heterocycles. The summed E-state index contributed by atoms with van der Waals surface area (Å²) in [5.41, 5.74) is 6.76. The van der Waals surface area contributed by atoms with Gasteiger partial charge >= 0.3 is 0 Å². The quantitative estimate of drug-likeness (QED) is 0.742. The molecule has 19 heavy (non-hydrogen) atoms. The van der Waals surface area contributed by atoms with E-state index >= 15 is 0 Å². The first-order chi connectivity index (χ1) is 9.09. The minimum Gasteiger partial charge on any atom is -0.369 e. The molecule has 0 aliphatic heterocycles. The number of nitrogens with two attached hydrogens (primary N) is 1. The van der Waals surface area contributed by atoms with Gasteiger partial charge in [0.25, 0.3) is 0 Å². The number of hydrogen-bond acceptors (Lipinski definition) is 2. The molecule has 3 rings (SSSR count). The van der Waals surface area contributed by atoms with Gasteiger partial charge in [0.15, 0.2) is 11.6 Å². The van der Waals surface area contributed by atoms with E-state index in [4.69, 9.17) is 5.73 Å². The zero-order valence-corrected chi connectivity index (χ0v) is 11.2. The third-order valence-electron chi connectivity index (χ3n) is 2.83. The second-order valence-corrected chi connectivity index (χ2v) is 4.84. The molecule has 0 atom stereocenters. The minimum absolute atomic E-state index is 0.0319. The van der Waals surface area contributed by atoms with E-state index in [0.717, 1.165) is 6.07 Å². The standard InChI is InChI=1S/C13H8BrF2N3/c14-7-3-1-2-4-10(7)19-12-9(18-13(19)17)6-5-8(15)11(12)16/h1-6H,(H2,17,18). The fourth-order valence-electron chi connectivity index (χ4n) is 2.00. The maximum absolute atomic E-state index is 14.0. The van der Waals surface area contributed by atoms with Gasteiger partial charge in [0.2, 0.25) is 5.95 Å². The van der Waals surface area contributed by atoms with Crippen molar-refractivity contribution in [2.75, 3.05) is 5.73 Å². The van der Waals surface area contributed by atoms with Gasteiger partial charge in [0.05, 0.1) is 11.2 Å². The van der Waals surface area contributed by atoms with Crippen molar-refractivity contribution in [2.24, 2.45) is 0 Å². The molecule has 3 aromatic rings. The summed E-state index contributed by atoms with van der Waals surface area (Å²) in [6.45, 7) is 0. The Labute approximate surface area is 115 Å². The van der Waals surface area contributed by atoms with Gasteiger partial charge in [0.1, 0.15) is 5.52 Å². The van der Waals surface area contributed by atoms with Crippen molar-refractivity contribution in [3.63, 3.8) is 0 Å². The van der Waals surface area contributed by atoms with Crippen molar-refractivity contribution in [2.45, 2.75) is 0 Å². The Hall–Kier alpha value is -1.95. The number of halogens is 3. The SMILES string of the molecule is Nc1nc2ccc(F)c(F)c2n1-c1ccccc1Br. The number of fused-ring (bicyclic) bond motifs is 1.